The van der Waals surface area contributed by atoms with E-state index < -0.39 is 0 Å². The highest BCUT2D eigenvalue weighted by Crippen LogP contribution is 2.27. The maximum atomic E-state index is 5.62. The third kappa shape index (κ3) is 2.59. The van der Waals surface area contributed by atoms with E-state index in [0.717, 1.165) is 16.3 Å². The van der Waals surface area contributed by atoms with Gasteiger partial charge in [-0.3, -0.25) is 0 Å². The van der Waals surface area contributed by atoms with Crippen LogP contribution in [0.2, 0.25) is 0 Å². The zero-order chi connectivity index (χ0) is 11.4. The Morgan fingerprint density at radius 2 is 2.38 bits per heavy atom. The van der Waals surface area contributed by atoms with Crippen molar-refractivity contribution in [2.24, 2.45) is 0 Å². The van der Waals surface area contributed by atoms with Crippen molar-refractivity contribution < 1.29 is 9.26 Å². The molecule has 2 rings (SSSR count). The minimum atomic E-state index is 0.387. The minimum absolute atomic E-state index is 0.387. The molecular weight excluding hydrogens is 226 g/mol. The molecule has 0 spiro atoms. The van der Waals surface area contributed by atoms with Crippen LogP contribution in [0.3, 0.4) is 0 Å². The predicted molar refractivity (Wildman–Crippen MR) is 62.0 cm³/mol. The number of nitrogens with two attached hydrogens (primary N) is 1. The molecule has 0 saturated carbocycles. The van der Waals surface area contributed by atoms with Gasteiger partial charge in [0.25, 0.3) is 5.89 Å². The van der Waals surface area contributed by atoms with Gasteiger partial charge in [-0.2, -0.15) is 4.98 Å². The Bertz CT molecular complexity index is 452. The molecule has 0 atom stereocenters. The topological polar surface area (TPSA) is 74.2 Å². The van der Waals surface area contributed by atoms with E-state index in [9.17, 15) is 0 Å². The van der Waals surface area contributed by atoms with Crippen molar-refractivity contribution in [1.29, 1.82) is 0 Å². The molecule has 0 saturated heterocycles. The number of nitrogen functional groups attached to an aromatic ring is 1. The van der Waals surface area contributed by atoms with Gasteiger partial charge >= 0.3 is 0 Å². The number of hydrogen-bond acceptors (Lipinski definition) is 6. The van der Waals surface area contributed by atoms with Crippen molar-refractivity contribution in [3.63, 3.8) is 0 Å². The second-order valence-corrected chi connectivity index (χ2v) is 4.39. The SMILES string of the molecule is CCCOCc1noc(-c2ccc(N)s2)n1. The van der Waals surface area contributed by atoms with E-state index in [1.54, 1.807) is 0 Å². The van der Waals surface area contributed by atoms with Crippen LogP contribution < -0.4 is 5.73 Å². The fourth-order valence-electron chi connectivity index (χ4n) is 1.19. The van der Waals surface area contributed by atoms with Gasteiger partial charge in [-0.15, -0.1) is 11.3 Å². The summed E-state index contributed by atoms with van der Waals surface area (Å²) in [5, 5.41) is 4.56. The van der Waals surface area contributed by atoms with Crippen molar-refractivity contribution in [3.8, 4) is 10.8 Å². The van der Waals surface area contributed by atoms with Crippen molar-refractivity contribution in [3.05, 3.63) is 18.0 Å². The Balaban J connectivity index is 2.02. The van der Waals surface area contributed by atoms with Crippen LogP contribution in [0.25, 0.3) is 10.8 Å². The van der Waals surface area contributed by atoms with Crippen molar-refractivity contribution >= 4 is 16.3 Å². The van der Waals surface area contributed by atoms with Crippen molar-refractivity contribution in [2.75, 3.05) is 12.3 Å². The molecule has 2 aromatic heterocycles. The molecule has 2 heterocycles. The van der Waals surface area contributed by atoms with E-state index in [2.05, 4.69) is 17.1 Å². The van der Waals surface area contributed by atoms with E-state index in [1.165, 1.54) is 11.3 Å². The third-order valence-corrected chi connectivity index (χ3v) is 2.79. The lowest BCUT2D eigenvalue weighted by Gasteiger charge is -1.95. The molecule has 2 aromatic rings. The first-order valence-corrected chi connectivity index (χ1v) is 5.87. The second kappa shape index (κ2) is 5.09. The number of rotatable bonds is 5. The van der Waals surface area contributed by atoms with Crippen molar-refractivity contribution in [2.45, 2.75) is 20.0 Å². The second-order valence-electron chi connectivity index (χ2n) is 3.27. The number of hydrogen-bond donors (Lipinski definition) is 1. The maximum absolute atomic E-state index is 5.62. The Morgan fingerprint density at radius 1 is 1.50 bits per heavy atom. The summed E-state index contributed by atoms with van der Waals surface area (Å²) in [6, 6.07) is 3.68. The van der Waals surface area contributed by atoms with E-state index in [4.69, 9.17) is 15.0 Å². The zero-order valence-electron chi connectivity index (χ0n) is 8.97. The first-order chi connectivity index (χ1) is 7.79. The summed E-state index contributed by atoms with van der Waals surface area (Å²) in [5.41, 5.74) is 5.62. The molecule has 0 bridgehead atoms. The summed E-state index contributed by atoms with van der Waals surface area (Å²) in [6.45, 7) is 3.14. The lowest BCUT2D eigenvalue weighted by Crippen LogP contribution is -1.95. The summed E-state index contributed by atoms with van der Waals surface area (Å²) in [6.07, 6.45) is 0.978. The Morgan fingerprint density at radius 3 is 3.06 bits per heavy atom. The summed E-state index contributed by atoms with van der Waals surface area (Å²) >= 11 is 1.42. The quantitative estimate of drug-likeness (QED) is 0.810. The molecule has 16 heavy (non-hydrogen) atoms. The van der Waals surface area contributed by atoms with Crippen LogP contribution in [0, 0.1) is 0 Å². The molecule has 0 radical (unpaired) electrons. The monoisotopic (exact) mass is 239 g/mol. The average Bonchev–Trinajstić information content (AvgIpc) is 2.87. The highest BCUT2D eigenvalue weighted by atomic mass is 32.1. The van der Waals surface area contributed by atoms with E-state index in [-0.39, 0.29) is 0 Å². The van der Waals surface area contributed by atoms with Gasteiger partial charge in [0.05, 0.1) is 9.88 Å². The molecule has 2 N–H and O–H groups in total. The number of aromatic nitrogens is 2. The number of anilines is 1. The molecule has 0 fully saturated rings. The molecule has 0 amide bonds. The molecule has 0 unspecified atom stereocenters. The van der Waals surface area contributed by atoms with Gasteiger partial charge in [0.2, 0.25) is 0 Å². The normalized spacial score (nSPS) is 10.8. The molecule has 0 aromatic carbocycles. The molecule has 0 aliphatic heterocycles. The highest BCUT2D eigenvalue weighted by Gasteiger charge is 2.10. The summed E-state index contributed by atoms with van der Waals surface area (Å²) < 4.78 is 10.4. The Kier molecular flexibility index (Phi) is 3.53. The van der Waals surface area contributed by atoms with Gasteiger partial charge in [0.1, 0.15) is 6.61 Å². The van der Waals surface area contributed by atoms with Crippen LogP contribution in [0.1, 0.15) is 19.2 Å². The zero-order valence-corrected chi connectivity index (χ0v) is 9.79. The number of ether oxygens (including phenoxy) is 1. The lowest BCUT2D eigenvalue weighted by molar-refractivity contribution is 0.114. The molecule has 5 nitrogen and oxygen atoms in total. The van der Waals surface area contributed by atoms with Gasteiger partial charge in [-0.25, -0.2) is 0 Å². The van der Waals surface area contributed by atoms with Gasteiger partial charge < -0.3 is 15.0 Å². The first kappa shape index (κ1) is 11.1. The summed E-state index contributed by atoms with van der Waals surface area (Å²) in [7, 11) is 0. The maximum Gasteiger partial charge on any atom is 0.268 e. The fourth-order valence-corrected chi connectivity index (χ4v) is 1.88. The molecular formula is C10H13N3O2S. The Labute approximate surface area is 97.2 Å². The van der Waals surface area contributed by atoms with Crippen LogP contribution >= 0.6 is 11.3 Å². The first-order valence-electron chi connectivity index (χ1n) is 5.05. The van der Waals surface area contributed by atoms with Crippen LogP contribution in [0.5, 0.6) is 0 Å². The lowest BCUT2D eigenvalue weighted by atomic mass is 10.4. The largest absolute Gasteiger partial charge is 0.391 e. The van der Waals surface area contributed by atoms with Crippen LogP contribution in [0.15, 0.2) is 16.7 Å². The standard InChI is InChI=1S/C10H13N3O2S/c1-2-5-14-6-9-12-10(15-13-9)7-3-4-8(11)16-7/h3-4H,2,5-6,11H2,1H3. The van der Waals surface area contributed by atoms with Crippen LogP contribution in [-0.4, -0.2) is 16.7 Å². The van der Waals surface area contributed by atoms with Gasteiger partial charge in [0, 0.05) is 6.61 Å². The molecule has 0 aliphatic rings. The van der Waals surface area contributed by atoms with Crippen LogP contribution in [0.4, 0.5) is 5.00 Å². The highest BCUT2D eigenvalue weighted by molar-refractivity contribution is 7.19. The van der Waals surface area contributed by atoms with E-state index in [1.807, 2.05) is 12.1 Å². The van der Waals surface area contributed by atoms with Crippen molar-refractivity contribution in [1.82, 2.24) is 10.1 Å². The average molecular weight is 239 g/mol. The van der Waals surface area contributed by atoms with Gasteiger partial charge in [-0.1, -0.05) is 12.1 Å². The van der Waals surface area contributed by atoms with Gasteiger partial charge in [-0.05, 0) is 18.6 Å². The van der Waals surface area contributed by atoms with E-state index >= 15 is 0 Å². The number of thiophene rings is 1. The van der Waals surface area contributed by atoms with Crippen LogP contribution in [-0.2, 0) is 11.3 Å². The predicted octanol–water partition coefficient (Wildman–Crippen LogP) is 2.31. The van der Waals surface area contributed by atoms with Gasteiger partial charge in [0.15, 0.2) is 5.82 Å². The molecule has 0 aliphatic carbocycles. The summed E-state index contributed by atoms with van der Waals surface area (Å²) in [5.74, 6) is 1.06. The minimum Gasteiger partial charge on any atom is -0.391 e. The Hall–Kier alpha value is -1.40. The summed E-state index contributed by atoms with van der Waals surface area (Å²) in [4.78, 5) is 5.10. The number of nitrogens with zero attached hydrogens (tertiary/aromatic N) is 2. The van der Waals surface area contributed by atoms with E-state index in [0.29, 0.717) is 24.9 Å². The fraction of sp³-hybridized carbons (Fsp3) is 0.400. The smallest absolute Gasteiger partial charge is 0.268 e. The third-order valence-electron chi connectivity index (χ3n) is 1.89. The molecule has 86 valence electrons. The molecule has 6 heteroatoms.